The fraction of sp³-hybridized carbons (Fsp3) is 0.951. The van der Waals surface area contributed by atoms with Gasteiger partial charge in [-0.3, -0.25) is 37.3 Å². The number of unbranched alkanes of at least 4 members (excludes halogenated alkanes) is 47. The lowest BCUT2D eigenvalue weighted by molar-refractivity contribution is -0.161. The van der Waals surface area contributed by atoms with Crippen LogP contribution in [0.4, 0.5) is 0 Å². The molecule has 0 bridgehead atoms. The van der Waals surface area contributed by atoms with Crippen LogP contribution in [0.15, 0.2) is 0 Å². The molecule has 0 aliphatic carbocycles. The van der Waals surface area contributed by atoms with Crippen molar-refractivity contribution in [3.8, 4) is 0 Å². The molecule has 17 nitrogen and oxygen atoms in total. The van der Waals surface area contributed by atoms with Gasteiger partial charge in [0.25, 0.3) is 0 Å². The Morgan fingerprint density at radius 2 is 0.460 bits per heavy atom. The molecule has 0 spiro atoms. The van der Waals surface area contributed by atoms with Crippen molar-refractivity contribution >= 4 is 39.5 Å². The van der Waals surface area contributed by atoms with Gasteiger partial charge in [-0.15, -0.1) is 0 Å². The van der Waals surface area contributed by atoms with Gasteiger partial charge in [0.15, 0.2) is 12.2 Å². The average Bonchev–Trinajstić information content (AvgIpc) is 0.921. The van der Waals surface area contributed by atoms with Gasteiger partial charge in [-0.25, -0.2) is 9.13 Å². The Morgan fingerprint density at radius 3 is 0.680 bits per heavy atom. The fourth-order valence-electron chi connectivity index (χ4n) is 12.5. The number of hydrogen-bond acceptors (Lipinski definition) is 15. The number of ether oxygens (including phenoxy) is 4. The highest BCUT2D eigenvalue weighted by Gasteiger charge is 2.30. The van der Waals surface area contributed by atoms with Crippen molar-refractivity contribution in [2.24, 2.45) is 17.8 Å². The summed E-state index contributed by atoms with van der Waals surface area (Å²) in [7, 11) is -9.92. The van der Waals surface area contributed by atoms with E-state index in [1.165, 1.54) is 231 Å². The molecule has 0 aromatic carbocycles. The molecule has 0 saturated carbocycles. The summed E-state index contributed by atoms with van der Waals surface area (Å²) < 4.78 is 68.7. The molecule has 0 aromatic heterocycles. The third kappa shape index (κ3) is 74.3. The molecule has 0 amide bonds. The Morgan fingerprint density at radius 1 is 0.270 bits per heavy atom. The third-order valence-electron chi connectivity index (χ3n) is 18.9. The highest BCUT2D eigenvalue weighted by atomic mass is 31.2. The van der Waals surface area contributed by atoms with Crippen LogP contribution in [0.1, 0.15) is 421 Å². The van der Waals surface area contributed by atoms with Crippen molar-refractivity contribution in [3.05, 3.63) is 0 Å². The van der Waals surface area contributed by atoms with Crippen LogP contribution >= 0.6 is 15.6 Å². The van der Waals surface area contributed by atoms with Crippen molar-refractivity contribution in [1.82, 2.24) is 0 Å². The van der Waals surface area contributed by atoms with E-state index in [9.17, 15) is 43.2 Å². The number of aliphatic hydroxyl groups is 1. The highest BCUT2D eigenvalue weighted by Crippen LogP contribution is 2.45. The highest BCUT2D eigenvalue weighted by molar-refractivity contribution is 7.47. The molecule has 0 radical (unpaired) electrons. The van der Waals surface area contributed by atoms with Crippen LogP contribution in [-0.2, 0) is 65.4 Å². The minimum atomic E-state index is -4.96. The number of phosphoric ester groups is 2. The first kappa shape index (κ1) is 98.1. The lowest BCUT2D eigenvalue weighted by Gasteiger charge is -2.21. The van der Waals surface area contributed by atoms with Crippen molar-refractivity contribution in [2.75, 3.05) is 39.6 Å². The van der Waals surface area contributed by atoms with Crippen LogP contribution in [0.25, 0.3) is 0 Å². The SMILES string of the molecule is CCCCCCCCCCCC(=O)OC[C@H](COP(=O)(O)OC[C@H](O)COP(=O)(O)OC[C@@H](COC(=O)CCCCCCCCCCCCCCCCC(C)C)OC(=O)CCCCCCCCCCCCCCCCC(C)C)OC(=O)CCCCCCCCCCCCCCCCC(C)C. The molecule has 0 aliphatic rings. The number of carbonyl (C=O) groups excluding carboxylic acids is 4. The number of rotatable bonds is 79. The van der Waals surface area contributed by atoms with E-state index in [1.54, 1.807) is 0 Å². The quantitative estimate of drug-likeness (QED) is 0.0222. The van der Waals surface area contributed by atoms with E-state index < -0.39 is 97.5 Å². The van der Waals surface area contributed by atoms with E-state index in [0.717, 1.165) is 108 Å². The Hall–Kier alpha value is -1.94. The smallest absolute Gasteiger partial charge is 0.462 e. The molecule has 19 heteroatoms. The van der Waals surface area contributed by atoms with E-state index >= 15 is 0 Å². The zero-order valence-electron chi connectivity index (χ0n) is 65.7. The first-order valence-electron chi connectivity index (χ1n) is 41.8. The monoisotopic (exact) mass is 1470 g/mol. The maximum Gasteiger partial charge on any atom is 0.472 e. The molecular formula is C81H158O17P2. The molecule has 100 heavy (non-hydrogen) atoms. The van der Waals surface area contributed by atoms with Crippen LogP contribution in [0, 0.1) is 17.8 Å². The second-order valence-corrected chi connectivity index (χ2v) is 33.5. The summed E-state index contributed by atoms with van der Waals surface area (Å²) in [5.74, 6) is 0.279. The van der Waals surface area contributed by atoms with Gasteiger partial charge >= 0.3 is 39.5 Å². The van der Waals surface area contributed by atoms with Gasteiger partial charge < -0.3 is 33.8 Å². The molecule has 5 atom stereocenters. The largest absolute Gasteiger partial charge is 0.472 e. The van der Waals surface area contributed by atoms with Gasteiger partial charge in [-0.05, 0) is 43.4 Å². The summed E-state index contributed by atoms with van der Waals surface area (Å²) in [5, 5.41) is 10.6. The molecule has 0 fully saturated rings. The average molecular weight is 1470 g/mol. The Kier molecular flexibility index (Phi) is 69.9. The molecule has 3 N–H and O–H groups in total. The molecule has 0 rings (SSSR count). The zero-order chi connectivity index (χ0) is 73.7. The Bertz CT molecular complexity index is 1940. The van der Waals surface area contributed by atoms with Gasteiger partial charge in [0.1, 0.15) is 19.3 Å². The maximum atomic E-state index is 13.1. The van der Waals surface area contributed by atoms with Crippen LogP contribution in [0.3, 0.4) is 0 Å². The molecule has 0 heterocycles. The number of hydrogen-bond donors (Lipinski definition) is 3. The first-order chi connectivity index (χ1) is 48.2. The molecule has 0 aromatic rings. The van der Waals surface area contributed by atoms with Crippen LogP contribution in [0.5, 0.6) is 0 Å². The van der Waals surface area contributed by atoms with E-state index in [1.807, 2.05) is 0 Å². The molecule has 0 aliphatic heterocycles. The van der Waals surface area contributed by atoms with Gasteiger partial charge in [-0.2, -0.15) is 0 Å². The summed E-state index contributed by atoms with van der Waals surface area (Å²) in [5.41, 5.74) is 0. The number of aliphatic hydroxyl groups excluding tert-OH is 1. The molecule has 0 saturated heterocycles. The van der Waals surface area contributed by atoms with E-state index in [2.05, 4.69) is 48.5 Å². The van der Waals surface area contributed by atoms with Gasteiger partial charge in [0, 0.05) is 25.7 Å². The predicted molar refractivity (Wildman–Crippen MR) is 409 cm³/mol. The van der Waals surface area contributed by atoms with Gasteiger partial charge in [0.05, 0.1) is 26.4 Å². The van der Waals surface area contributed by atoms with E-state index in [0.29, 0.717) is 25.7 Å². The standard InChI is InChI=1S/C81H158O17P2/c1-8-9-10-11-12-31-41-48-55-62-78(83)91-68-76(97-80(85)64-57-50-43-36-29-23-17-14-20-26-33-39-46-53-60-73(4)5)70-95-99(87,88)93-66-75(82)67-94-100(89,90)96-71-77(98-81(86)65-58-51-44-37-30-24-18-15-21-27-34-40-47-54-61-74(6)7)69-92-79(84)63-56-49-42-35-28-22-16-13-19-25-32-38-45-52-59-72(2)3/h72-77,82H,8-71H2,1-7H3,(H,87,88)(H,89,90)/t75-,76+,77+/m0/s1. The summed E-state index contributed by atoms with van der Waals surface area (Å²) in [4.78, 5) is 73.0. The second-order valence-electron chi connectivity index (χ2n) is 30.6. The van der Waals surface area contributed by atoms with Crippen molar-refractivity contribution in [3.63, 3.8) is 0 Å². The lowest BCUT2D eigenvalue weighted by atomic mass is 10.0. The third-order valence-corrected chi connectivity index (χ3v) is 20.8. The first-order valence-corrected chi connectivity index (χ1v) is 44.8. The number of esters is 4. The van der Waals surface area contributed by atoms with Crippen LogP contribution in [-0.4, -0.2) is 96.7 Å². The summed E-state index contributed by atoms with van der Waals surface area (Å²) in [6, 6.07) is 0. The summed E-state index contributed by atoms with van der Waals surface area (Å²) in [6.07, 6.45) is 59.6. The lowest BCUT2D eigenvalue weighted by Crippen LogP contribution is -2.30. The minimum absolute atomic E-state index is 0.107. The normalized spacial score (nSPS) is 14.0. The van der Waals surface area contributed by atoms with E-state index in [-0.39, 0.29) is 25.7 Å². The van der Waals surface area contributed by atoms with Crippen molar-refractivity contribution in [1.29, 1.82) is 0 Å². The molecule has 594 valence electrons. The Balaban J connectivity index is 5.23. The number of phosphoric acid groups is 2. The van der Waals surface area contributed by atoms with Crippen LogP contribution < -0.4 is 0 Å². The summed E-state index contributed by atoms with van der Waals surface area (Å²) >= 11 is 0. The van der Waals surface area contributed by atoms with Gasteiger partial charge in [0.2, 0.25) is 0 Å². The second kappa shape index (κ2) is 71.3. The maximum absolute atomic E-state index is 13.1. The van der Waals surface area contributed by atoms with Crippen molar-refractivity contribution < 1.29 is 80.2 Å². The predicted octanol–water partition coefficient (Wildman–Crippen LogP) is 24.1. The van der Waals surface area contributed by atoms with E-state index in [4.69, 9.17) is 37.0 Å². The van der Waals surface area contributed by atoms with Crippen molar-refractivity contribution in [2.45, 2.75) is 439 Å². The molecule has 2 unspecified atom stereocenters. The zero-order valence-corrected chi connectivity index (χ0v) is 67.5. The van der Waals surface area contributed by atoms with Crippen LogP contribution in [0.2, 0.25) is 0 Å². The fourth-order valence-corrected chi connectivity index (χ4v) is 14.1. The summed E-state index contributed by atoms with van der Waals surface area (Å²) in [6.45, 7) is 12.0. The minimum Gasteiger partial charge on any atom is -0.462 e. The topological polar surface area (TPSA) is 237 Å². The Labute approximate surface area is 613 Å². The van der Waals surface area contributed by atoms with Gasteiger partial charge in [-0.1, -0.05) is 370 Å². The number of carbonyl (C=O) groups is 4. The molecular weight excluding hydrogens is 1310 g/mol.